The predicted molar refractivity (Wildman–Crippen MR) is 107 cm³/mol. The van der Waals surface area contributed by atoms with Crippen molar-refractivity contribution in [1.29, 1.82) is 0 Å². The topological polar surface area (TPSA) is 99.5 Å². The zero-order chi connectivity index (χ0) is 19.7. The maximum atomic E-state index is 11.3. The molecule has 2 N–H and O–H groups in total. The van der Waals surface area contributed by atoms with E-state index in [-0.39, 0.29) is 6.10 Å². The van der Waals surface area contributed by atoms with Crippen molar-refractivity contribution in [2.45, 2.75) is 18.7 Å². The van der Waals surface area contributed by atoms with Crippen molar-refractivity contribution in [1.82, 2.24) is 19.9 Å². The van der Waals surface area contributed by atoms with Crippen LogP contribution in [0.1, 0.15) is 5.56 Å². The number of benzene rings is 1. The Morgan fingerprint density at radius 3 is 2.96 bits per heavy atom. The standard InChI is InChI=1S/C19H24N6O3/c1-24(2)14-10-25(11-16(14)27-3)17-6-7-20-18(23-17)21-9-12-4-5-15-13(8-12)22-19(26)28-15/h4-8,14,16H,9-11H2,1-3H3,(H,22,26)(H,20,21,23)/t14-,16+/m0/s1. The summed E-state index contributed by atoms with van der Waals surface area (Å²) in [5, 5.41) is 3.24. The third-order valence-corrected chi connectivity index (χ3v) is 5.10. The number of aromatic nitrogens is 3. The Hall–Kier alpha value is -2.91. The Kier molecular flexibility index (Phi) is 5.01. The van der Waals surface area contributed by atoms with Crippen molar-refractivity contribution in [2.24, 2.45) is 0 Å². The van der Waals surface area contributed by atoms with E-state index in [0.717, 1.165) is 24.5 Å². The minimum atomic E-state index is -0.452. The summed E-state index contributed by atoms with van der Waals surface area (Å²) < 4.78 is 10.7. The number of fused-ring (bicyclic) bond motifs is 1. The van der Waals surface area contributed by atoms with E-state index in [4.69, 9.17) is 9.15 Å². The first kappa shape index (κ1) is 18.5. The molecule has 4 rings (SSSR count). The van der Waals surface area contributed by atoms with Crippen LogP contribution in [0.5, 0.6) is 0 Å². The molecule has 2 aromatic heterocycles. The van der Waals surface area contributed by atoms with Gasteiger partial charge in [0, 0.05) is 32.9 Å². The lowest BCUT2D eigenvalue weighted by Crippen LogP contribution is -2.39. The van der Waals surface area contributed by atoms with Gasteiger partial charge in [-0.25, -0.2) is 9.78 Å². The number of hydrogen-bond acceptors (Lipinski definition) is 8. The smallest absolute Gasteiger partial charge is 0.408 e. The van der Waals surface area contributed by atoms with E-state index >= 15 is 0 Å². The average molecular weight is 384 g/mol. The molecule has 0 amide bonds. The Morgan fingerprint density at radius 1 is 1.36 bits per heavy atom. The molecule has 0 unspecified atom stereocenters. The highest BCUT2D eigenvalue weighted by atomic mass is 16.5. The summed E-state index contributed by atoms with van der Waals surface area (Å²) >= 11 is 0. The van der Waals surface area contributed by atoms with Crippen LogP contribution in [0, 0.1) is 0 Å². The van der Waals surface area contributed by atoms with Gasteiger partial charge in [0.05, 0.1) is 17.7 Å². The zero-order valence-corrected chi connectivity index (χ0v) is 16.2. The third kappa shape index (κ3) is 3.71. The molecule has 1 saturated heterocycles. The van der Waals surface area contributed by atoms with Gasteiger partial charge < -0.3 is 24.3 Å². The SMILES string of the molecule is CO[C@@H]1CN(c2ccnc(NCc3ccc4oc(=O)[nH]c4c3)n2)C[C@@H]1N(C)C. The molecule has 2 atom stereocenters. The second kappa shape index (κ2) is 7.61. The molecule has 1 aromatic carbocycles. The van der Waals surface area contributed by atoms with Crippen molar-refractivity contribution in [3.63, 3.8) is 0 Å². The third-order valence-electron chi connectivity index (χ3n) is 5.10. The lowest BCUT2D eigenvalue weighted by molar-refractivity contribution is 0.0639. The summed E-state index contributed by atoms with van der Waals surface area (Å²) in [6.07, 6.45) is 1.90. The van der Waals surface area contributed by atoms with Crippen LogP contribution < -0.4 is 16.0 Å². The quantitative estimate of drug-likeness (QED) is 0.656. The largest absolute Gasteiger partial charge is 0.417 e. The van der Waals surface area contributed by atoms with Crippen molar-refractivity contribution in [2.75, 3.05) is 44.5 Å². The fourth-order valence-corrected chi connectivity index (χ4v) is 3.57. The van der Waals surface area contributed by atoms with Crippen molar-refractivity contribution >= 4 is 22.9 Å². The van der Waals surface area contributed by atoms with Gasteiger partial charge in [-0.15, -0.1) is 0 Å². The number of hydrogen-bond donors (Lipinski definition) is 2. The van der Waals surface area contributed by atoms with Crippen LogP contribution >= 0.6 is 0 Å². The molecule has 3 aromatic rings. The minimum absolute atomic E-state index is 0.144. The highest BCUT2D eigenvalue weighted by molar-refractivity contribution is 5.72. The molecule has 0 aliphatic carbocycles. The first-order valence-corrected chi connectivity index (χ1v) is 9.16. The molecule has 3 heterocycles. The van der Waals surface area contributed by atoms with Crippen LogP contribution in [-0.4, -0.2) is 66.3 Å². The van der Waals surface area contributed by atoms with Gasteiger partial charge in [0.2, 0.25) is 5.95 Å². The molecular weight excluding hydrogens is 360 g/mol. The van der Waals surface area contributed by atoms with E-state index in [0.29, 0.717) is 29.6 Å². The van der Waals surface area contributed by atoms with E-state index in [1.54, 1.807) is 19.4 Å². The summed E-state index contributed by atoms with van der Waals surface area (Å²) in [4.78, 5) is 27.3. The number of oxazole rings is 1. The van der Waals surface area contributed by atoms with Gasteiger partial charge >= 0.3 is 5.76 Å². The number of nitrogens with one attached hydrogen (secondary N) is 2. The Labute approximate surface area is 162 Å². The van der Waals surface area contributed by atoms with E-state index < -0.39 is 5.76 Å². The molecule has 1 aliphatic rings. The van der Waals surface area contributed by atoms with Gasteiger partial charge in [0.15, 0.2) is 5.58 Å². The molecule has 0 radical (unpaired) electrons. The van der Waals surface area contributed by atoms with Crippen LogP contribution in [-0.2, 0) is 11.3 Å². The summed E-state index contributed by atoms with van der Waals surface area (Å²) in [6.45, 7) is 2.18. The number of anilines is 2. The van der Waals surface area contributed by atoms with Gasteiger partial charge in [-0.3, -0.25) is 4.98 Å². The lowest BCUT2D eigenvalue weighted by Gasteiger charge is -2.23. The van der Waals surface area contributed by atoms with Crippen LogP contribution in [0.4, 0.5) is 11.8 Å². The molecule has 9 nitrogen and oxygen atoms in total. The fraction of sp³-hybridized carbons (Fsp3) is 0.421. The van der Waals surface area contributed by atoms with Crippen LogP contribution in [0.25, 0.3) is 11.1 Å². The molecule has 1 fully saturated rings. The number of methoxy groups -OCH3 is 1. The van der Waals surface area contributed by atoms with Crippen molar-refractivity contribution < 1.29 is 9.15 Å². The number of H-pyrrole nitrogens is 1. The number of likely N-dealkylation sites (N-methyl/N-ethyl adjacent to an activating group) is 1. The molecule has 9 heteroatoms. The second-order valence-corrected chi connectivity index (χ2v) is 7.15. The molecule has 0 spiro atoms. The highest BCUT2D eigenvalue weighted by Crippen LogP contribution is 2.23. The summed E-state index contributed by atoms with van der Waals surface area (Å²) in [7, 11) is 5.89. The van der Waals surface area contributed by atoms with Gasteiger partial charge in [-0.1, -0.05) is 6.07 Å². The summed E-state index contributed by atoms with van der Waals surface area (Å²) in [5.41, 5.74) is 2.22. The number of nitrogens with zero attached hydrogens (tertiary/aromatic N) is 4. The summed E-state index contributed by atoms with van der Waals surface area (Å²) in [6, 6.07) is 7.79. The number of aromatic amines is 1. The number of ether oxygens (including phenoxy) is 1. The maximum absolute atomic E-state index is 11.3. The molecule has 0 bridgehead atoms. The van der Waals surface area contributed by atoms with Crippen LogP contribution in [0.15, 0.2) is 39.7 Å². The van der Waals surface area contributed by atoms with E-state index in [2.05, 4.69) is 44.2 Å². The number of rotatable bonds is 6. The van der Waals surface area contributed by atoms with Gasteiger partial charge in [0.25, 0.3) is 0 Å². The summed E-state index contributed by atoms with van der Waals surface area (Å²) in [5.74, 6) is 0.978. The molecule has 1 aliphatic heterocycles. The Balaban J connectivity index is 1.45. The maximum Gasteiger partial charge on any atom is 0.417 e. The van der Waals surface area contributed by atoms with Gasteiger partial charge in [0.1, 0.15) is 5.82 Å². The molecule has 148 valence electrons. The molecular formula is C19H24N6O3. The first-order valence-electron chi connectivity index (χ1n) is 9.16. The lowest BCUT2D eigenvalue weighted by atomic mass is 10.2. The predicted octanol–water partition coefficient (Wildman–Crippen LogP) is 1.29. The zero-order valence-electron chi connectivity index (χ0n) is 16.2. The van der Waals surface area contributed by atoms with E-state index in [9.17, 15) is 4.79 Å². The second-order valence-electron chi connectivity index (χ2n) is 7.15. The van der Waals surface area contributed by atoms with Crippen molar-refractivity contribution in [3.8, 4) is 0 Å². The fourth-order valence-electron chi connectivity index (χ4n) is 3.57. The monoisotopic (exact) mass is 384 g/mol. The van der Waals surface area contributed by atoms with Gasteiger partial charge in [-0.2, -0.15) is 4.98 Å². The Bertz CT molecular complexity index is 1010. The van der Waals surface area contributed by atoms with E-state index in [1.807, 2.05) is 18.2 Å². The average Bonchev–Trinajstić information content (AvgIpc) is 3.28. The first-order chi connectivity index (χ1) is 13.5. The minimum Gasteiger partial charge on any atom is -0.408 e. The molecule has 28 heavy (non-hydrogen) atoms. The van der Waals surface area contributed by atoms with Crippen molar-refractivity contribution in [3.05, 3.63) is 46.6 Å². The highest BCUT2D eigenvalue weighted by Gasteiger charge is 2.35. The molecule has 0 saturated carbocycles. The Morgan fingerprint density at radius 2 is 2.21 bits per heavy atom. The van der Waals surface area contributed by atoms with Crippen LogP contribution in [0.3, 0.4) is 0 Å². The van der Waals surface area contributed by atoms with Gasteiger partial charge in [-0.05, 0) is 37.9 Å². The van der Waals surface area contributed by atoms with Crippen LogP contribution in [0.2, 0.25) is 0 Å². The van der Waals surface area contributed by atoms with E-state index in [1.165, 1.54) is 0 Å². The normalized spacial score (nSPS) is 19.6.